The zero-order valence-electron chi connectivity index (χ0n) is 15.2. The summed E-state index contributed by atoms with van der Waals surface area (Å²) in [6.07, 6.45) is -4.38. The molecule has 9 heteroatoms. The first-order valence-electron chi connectivity index (χ1n) is 8.49. The number of carbonyl (C=O) groups excluding carboxylic acids is 1. The van der Waals surface area contributed by atoms with Crippen molar-refractivity contribution in [1.29, 1.82) is 0 Å². The molecular formula is C20H16F4N2O2S. The average molecular weight is 424 g/mol. The molecule has 4 nitrogen and oxygen atoms in total. The molecule has 0 aliphatic carbocycles. The average Bonchev–Trinajstić information content (AvgIpc) is 3.02. The van der Waals surface area contributed by atoms with Gasteiger partial charge in [-0.15, -0.1) is 11.3 Å². The second-order valence-electron chi connectivity index (χ2n) is 6.19. The van der Waals surface area contributed by atoms with Crippen LogP contribution in [-0.4, -0.2) is 23.7 Å². The number of aryl methyl sites for hydroxylation is 1. The topological polar surface area (TPSA) is 51.2 Å². The van der Waals surface area contributed by atoms with Crippen molar-refractivity contribution in [3.63, 3.8) is 0 Å². The number of ether oxygens (including phenoxy) is 1. The quantitative estimate of drug-likeness (QED) is 0.525. The van der Waals surface area contributed by atoms with Crippen LogP contribution in [0.2, 0.25) is 0 Å². The van der Waals surface area contributed by atoms with Crippen LogP contribution in [0.1, 0.15) is 20.8 Å². The number of carbonyl (C=O) groups is 1. The summed E-state index contributed by atoms with van der Waals surface area (Å²) < 4.78 is 53.9. The van der Waals surface area contributed by atoms with Crippen molar-refractivity contribution in [2.75, 3.05) is 11.9 Å². The molecule has 0 aliphatic heterocycles. The van der Waals surface area contributed by atoms with Crippen molar-refractivity contribution in [3.05, 3.63) is 70.4 Å². The molecule has 0 unspecified atom stereocenters. The van der Waals surface area contributed by atoms with Crippen LogP contribution in [0.3, 0.4) is 0 Å². The predicted octanol–water partition coefficient (Wildman–Crippen LogP) is 5.59. The van der Waals surface area contributed by atoms with Crippen LogP contribution in [0.15, 0.2) is 48.5 Å². The molecule has 0 spiro atoms. The number of rotatable bonds is 6. The lowest BCUT2D eigenvalue weighted by atomic mass is 10.1. The van der Waals surface area contributed by atoms with E-state index < -0.39 is 18.7 Å². The first kappa shape index (κ1) is 20.9. The molecule has 3 aromatic rings. The van der Waals surface area contributed by atoms with Gasteiger partial charge in [0, 0.05) is 16.0 Å². The Balaban J connectivity index is 1.63. The zero-order chi connectivity index (χ0) is 21.0. The first-order valence-corrected chi connectivity index (χ1v) is 9.31. The smallest absolute Gasteiger partial charge is 0.367 e. The van der Waals surface area contributed by atoms with Crippen LogP contribution in [0.5, 0.6) is 0 Å². The number of hydrogen-bond acceptors (Lipinski definition) is 4. The Bertz CT molecular complexity index is 983. The third-order valence-corrected chi connectivity index (χ3v) is 4.77. The van der Waals surface area contributed by atoms with Crippen LogP contribution < -0.4 is 5.32 Å². The molecule has 0 radical (unpaired) electrons. The highest BCUT2D eigenvalue weighted by atomic mass is 32.1. The molecule has 1 amide bonds. The van der Waals surface area contributed by atoms with Crippen molar-refractivity contribution in [3.8, 4) is 11.3 Å². The van der Waals surface area contributed by atoms with E-state index in [4.69, 9.17) is 0 Å². The first-order chi connectivity index (χ1) is 13.7. The summed E-state index contributed by atoms with van der Waals surface area (Å²) >= 11 is 1.29. The molecule has 152 valence electrons. The number of halogens is 4. The van der Waals surface area contributed by atoms with Gasteiger partial charge in [0.05, 0.1) is 12.3 Å². The number of amides is 1. The van der Waals surface area contributed by atoms with Gasteiger partial charge in [-0.05, 0) is 48.9 Å². The summed E-state index contributed by atoms with van der Waals surface area (Å²) in [6.45, 7) is 0.324. The Morgan fingerprint density at radius 3 is 2.38 bits per heavy atom. The molecule has 2 aromatic carbocycles. The molecular weight excluding hydrogens is 408 g/mol. The highest BCUT2D eigenvalue weighted by molar-refractivity contribution is 7.16. The molecule has 1 heterocycles. The molecule has 0 saturated heterocycles. The Hall–Kier alpha value is -2.78. The maximum atomic E-state index is 13.1. The summed E-state index contributed by atoms with van der Waals surface area (Å²) in [5.41, 5.74) is 2.25. The second kappa shape index (κ2) is 8.71. The van der Waals surface area contributed by atoms with Gasteiger partial charge in [-0.3, -0.25) is 10.1 Å². The van der Waals surface area contributed by atoms with Crippen molar-refractivity contribution in [2.24, 2.45) is 0 Å². The van der Waals surface area contributed by atoms with E-state index in [9.17, 15) is 22.4 Å². The van der Waals surface area contributed by atoms with Gasteiger partial charge < -0.3 is 4.74 Å². The van der Waals surface area contributed by atoms with E-state index >= 15 is 0 Å². The maximum Gasteiger partial charge on any atom is 0.411 e. The number of nitrogens with one attached hydrogen (secondary N) is 1. The Kier molecular flexibility index (Phi) is 6.29. The fraction of sp³-hybridized carbons (Fsp3) is 0.200. The Morgan fingerprint density at radius 2 is 1.76 bits per heavy atom. The minimum Gasteiger partial charge on any atom is -0.367 e. The van der Waals surface area contributed by atoms with E-state index in [1.54, 1.807) is 12.1 Å². The van der Waals surface area contributed by atoms with Crippen molar-refractivity contribution < 1.29 is 27.1 Å². The van der Waals surface area contributed by atoms with Crippen molar-refractivity contribution in [1.82, 2.24) is 4.98 Å². The van der Waals surface area contributed by atoms with E-state index in [-0.39, 0.29) is 12.4 Å². The maximum absolute atomic E-state index is 13.1. The zero-order valence-corrected chi connectivity index (χ0v) is 16.0. The number of anilines is 1. The van der Waals surface area contributed by atoms with Crippen molar-refractivity contribution >= 4 is 22.4 Å². The number of nitrogens with zero attached hydrogens (tertiary/aromatic N) is 1. The molecule has 0 aliphatic rings. The molecule has 0 bridgehead atoms. The van der Waals surface area contributed by atoms with Gasteiger partial charge in [-0.25, -0.2) is 9.37 Å². The van der Waals surface area contributed by atoms with Crippen molar-refractivity contribution in [2.45, 2.75) is 19.7 Å². The summed E-state index contributed by atoms with van der Waals surface area (Å²) in [6, 6.07) is 12.0. The highest BCUT2D eigenvalue weighted by Gasteiger charge is 2.27. The van der Waals surface area contributed by atoms with E-state index in [0.717, 1.165) is 10.4 Å². The van der Waals surface area contributed by atoms with Gasteiger partial charge in [0.2, 0.25) is 0 Å². The highest BCUT2D eigenvalue weighted by Crippen LogP contribution is 2.30. The molecule has 0 atom stereocenters. The third kappa shape index (κ3) is 5.85. The minimum absolute atomic E-state index is 0.200. The lowest BCUT2D eigenvalue weighted by Gasteiger charge is -2.08. The van der Waals surface area contributed by atoms with Gasteiger partial charge in [0.1, 0.15) is 12.4 Å². The van der Waals surface area contributed by atoms with Gasteiger partial charge in [0.25, 0.3) is 5.91 Å². The lowest BCUT2D eigenvalue weighted by molar-refractivity contribution is -0.176. The second-order valence-corrected chi connectivity index (χ2v) is 7.39. The fourth-order valence-electron chi connectivity index (χ4n) is 2.53. The van der Waals surface area contributed by atoms with Gasteiger partial charge >= 0.3 is 6.18 Å². The summed E-state index contributed by atoms with van der Waals surface area (Å²) in [7, 11) is 0. The Labute approximate surface area is 168 Å². The van der Waals surface area contributed by atoms with E-state index in [1.165, 1.54) is 47.7 Å². The number of thiazole rings is 1. The summed E-state index contributed by atoms with van der Waals surface area (Å²) in [5, 5.41) is 3.09. The third-order valence-electron chi connectivity index (χ3n) is 3.89. The van der Waals surface area contributed by atoms with Gasteiger partial charge in [0.15, 0.2) is 5.13 Å². The van der Waals surface area contributed by atoms with Gasteiger partial charge in [-0.2, -0.15) is 13.2 Å². The summed E-state index contributed by atoms with van der Waals surface area (Å²) in [5.74, 6) is -0.741. The molecule has 3 rings (SSSR count). The summed E-state index contributed by atoms with van der Waals surface area (Å²) in [4.78, 5) is 17.7. The molecule has 0 saturated carbocycles. The normalized spacial score (nSPS) is 11.5. The largest absolute Gasteiger partial charge is 0.411 e. The van der Waals surface area contributed by atoms with Crippen LogP contribution in [0, 0.1) is 12.7 Å². The molecule has 1 N–H and O–H groups in total. The SMILES string of the molecule is Cc1sc(NC(=O)c2ccc(COCC(F)(F)F)cc2)nc1-c1ccc(F)cc1. The molecule has 0 fully saturated rings. The van der Waals surface area contributed by atoms with E-state index in [0.29, 0.717) is 22.0 Å². The monoisotopic (exact) mass is 424 g/mol. The minimum atomic E-state index is -4.38. The lowest BCUT2D eigenvalue weighted by Crippen LogP contribution is -2.16. The van der Waals surface area contributed by atoms with Crippen LogP contribution >= 0.6 is 11.3 Å². The number of aromatic nitrogens is 1. The van der Waals surface area contributed by atoms with Crippen LogP contribution in [0.25, 0.3) is 11.3 Å². The van der Waals surface area contributed by atoms with Crippen LogP contribution in [-0.2, 0) is 11.3 Å². The number of hydrogen-bond donors (Lipinski definition) is 1. The fourth-order valence-corrected chi connectivity index (χ4v) is 3.36. The molecule has 29 heavy (non-hydrogen) atoms. The predicted molar refractivity (Wildman–Crippen MR) is 102 cm³/mol. The van der Waals surface area contributed by atoms with Crippen LogP contribution in [0.4, 0.5) is 22.7 Å². The number of benzene rings is 2. The standard InChI is InChI=1S/C20H16F4N2O2S/c1-12-17(14-6-8-16(21)9-7-14)25-19(29-12)26-18(27)15-4-2-13(3-5-15)10-28-11-20(22,23)24/h2-9H,10-11H2,1H3,(H,25,26,27). The van der Waals surface area contributed by atoms with E-state index in [1.807, 2.05) is 6.92 Å². The Morgan fingerprint density at radius 1 is 1.10 bits per heavy atom. The van der Waals surface area contributed by atoms with E-state index in [2.05, 4.69) is 15.0 Å². The van der Waals surface area contributed by atoms with Gasteiger partial charge in [-0.1, -0.05) is 12.1 Å². The number of alkyl halides is 3. The molecule has 1 aromatic heterocycles.